The SMILES string of the molecule is COCCOc1ccc(NC(=O)C2(c3cccc(C)c3)CCCCC2)cc1Cl. The third-order valence-electron chi connectivity index (χ3n) is 5.45. The molecule has 0 spiro atoms. The van der Waals surface area contributed by atoms with Gasteiger partial charge in [0.25, 0.3) is 0 Å². The monoisotopic (exact) mass is 401 g/mol. The van der Waals surface area contributed by atoms with Crippen LogP contribution in [0.2, 0.25) is 5.02 Å². The maximum Gasteiger partial charge on any atom is 0.235 e. The summed E-state index contributed by atoms with van der Waals surface area (Å²) in [5.41, 5.74) is 2.49. The average molecular weight is 402 g/mol. The molecule has 3 rings (SSSR count). The van der Waals surface area contributed by atoms with Crippen molar-refractivity contribution in [3.8, 4) is 5.75 Å². The molecule has 28 heavy (non-hydrogen) atoms. The van der Waals surface area contributed by atoms with Crippen molar-refractivity contribution in [1.29, 1.82) is 0 Å². The summed E-state index contributed by atoms with van der Waals surface area (Å²) in [5, 5.41) is 3.58. The Bertz CT molecular complexity index is 815. The number of amides is 1. The van der Waals surface area contributed by atoms with Gasteiger partial charge in [0, 0.05) is 12.8 Å². The van der Waals surface area contributed by atoms with E-state index in [-0.39, 0.29) is 5.91 Å². The summed E-state index contributed by atoms with van der Waals surface area (Å²) in [5.74, 6) is 0.629. The van der Waals surface area contributed by atoms with E-state index in [1.807, 2.05) is 12.1 Å². The van der Waals surface area contributed by atoms with Gasteiger partial charge in [0.2, 0.25) is 5.91 Å². The van der Waals surface area contributed by atoms with Crippen molar-refractivity contribution in [3.05, 3.63) is 58.6 Å². The fourth-order valence-corrected chi connectivity index (χ4v) is 4.16. The van der Waals surface area contributed by atoms with E-state index < -0.39 is 5.41 Å². The molecular formula is C23H28ClNO3. The molecule has 1 aliphatic rings. The third-order valence-corrected chi connectivity index (χ3v) is 5.74. The number of hydrogen-bond donors (Lipinski definition) is 1. The quantitative estimate of drug-likeness (QED) is 0.622. The molecule has 4 nitrogen and oxygen atoms in total. The molecule has 0 aliphatic heterocycles. The molecule has 0 aromatic heterocycles. The van der Waals surface area contributed by atoms with Crippen molar-refractivity contribution < 1.29 is 14.3 Å². The Labute approximate surface area is 172 Å². The van der Waals surface area contributed by atoms with Gasteiger partial charge in [0.05, 0.1) is 17.0 Å². The van der Waals surface area contributed by atoms with Crippen molar-refractivity contribution in [2.75, 3.05) is 25.6 Å². The minimum Gasteiger partial charge on any atom is -0.490 e. The predicted molar refractivity (Wildman–Crippen MR) is 113 cm³/mol. The lowest BCUT2D eigenvalue weighted by atomic mass is 9.68. The summed E-state index contributed by atoms with van der Waals surface area (Å²) >= 11 is 6.33. The lowest BCUT2D eigenvalue weighted by Gasteiger charge is -2.36. The summed E-state index contributed by atoms with van der Waals surface area (Å²) in [7, 11) is 1.62. The molecule has 1 aliphatic carbocycles. The van der Waals surface area contributed by atoms with Gasteiger partial charge in [0.15, 0.2) is 0 Å². The van der Waals surface area contributed by atoms with Crippen LogP contribution in [0.4, 0.5) is 5.69 Å². The molecule has 1 amide bonds. The Morgan fingerprint density at radius 3 is 2.57 bits per heavy atom. The van der Waals surface area contributed by atoms with E-state index >= 15 is 0 Å². The molecule has 150 valence electrons. The van der Waals surface area contributed by atoms with E-state index in [0.717, 1.165) is 31.2 Å². The van der Waals surface area contributed by atoms with Crippen LogP contribution in [0.5, 0.6) is 5.75 Å². The number of aryl methyl sites for hydroxylation is 1. The van der Waals surface area contributed by atoms with E-state index in [2.05, 4.69) is 30.4 Å². The lowest BCUT2D eigenvalue weighted by Crippen LogP contribution is -2.42. The third kappa shape index (κ3) is 4.68. The molecule has 0 bridgehead atoms. The maximum atomic E-state index is 13.4. The van der Waals surface area contributed by atoms with Crippen molar-refractivity contribution in [1.82, 2.24) is 0 Å². The molecule has 0 atom stereocenters. The van der Waals surface area contributed by atoms with E-state index in [0.29, 0.717) is 29.7 Å². The van der Waals surface area contributed by atoms with Crippen molar-refractivity contribution in [2.45, 2.75) is 44.4 Å². The number of nitrogens with one attached hydrogen (secondary N) is 1. The number of ether oxygens (including phenoxy) is 2. The molecular weight excluding hydrogens is 374 g/mol. The molecule has 2 aromatic carbocycles. The largest absolute Gasteiger partial charge is 0.490 e. The zero-order valence-corrected chi connectivity index (χ0v) is 17.3. The summed E-state index contributed by atoms with van der Waals surface area (Å²) in [4.78, 5) is 13.4. The van der Waals surface area contributed by atoms with Gasteiger partial charge < -0.3 is 14.8 Å². The Balaban J connectivity index is 1.80. The highest BCUT2D eigenvalue weighted by atomic mass is 35.5. The zero-order valence-electron chi connectivity index (χ0n) is 16.6. The lowest BCUT2D eigenvalue weighted by molar-refractivity contribution is -0.122. The van der Waals surface area contributed by atoms with Crippen LogP contribution in [0.25, 0.3) is 0 Å². The van der Waals surface area contributed by atoms with Gasteiger partial charge in [-0.15, -0.1) is 0 Å². The minimum absolute atomic E-state index is 0.0434. The molecule has 1 N–H and O–H groups in total. The first kappa shape index (κ1) is 20.7. The van der Waals surface area contributed by atoms with Gasteiger partial charge in [-0.1, -0.05) is 60.7 Å². The van der Waals surface area contributed by atoms with Gasteiger partial charge in [0.1, 0.15) is 12.4 Å². The molecule has 0 saturated heterocycles. The summed E-state index contributed by atoms with van der Waals surface area (Å²) < 4.78 is 10.6. The standard InChI is InChI=1S/C23H28ClNO3/c1-17-7-6-8-18(15-17)23(11-4-3-5-12-23)22(26)25-19-9-10-21(20(24)16-19)28-14-13-27-2/h6-10,15-16H,3-5,11-14H2,1-2H3,(H,25,26). The number of anilines is 1. The van der Waals surface area contributed by atoms with E-state index in [4.69, 9.17) is 21.1 Å². The number of rotatable bonds is 7. The Morgan fingerprint density at radius 2 is 1.89 bits per heavy atom. The van der Waals surface area contributed by atoms with Gasteiger partial charge in [-0.3, -0.25) is 4.79 Å². The Hall–Kier alpha value is -2.04. The normalized spacial score (nSPS) is 15.8. The van der Waals surface area contributed by atoms with Gasteiger partial charge in [-0.2, -0.15) is 0 Å². The van der Waals surface area contributed by atoms with Gasteiger partial charge in [-0.05, 0) is 43.5 Å². The second-order valence-corrected chi connectivity index (χ2v) is 7.86. The maximum absolute atomic E-state index is 13.4. The summed E-state index contributed by atoms with van der Waals surface area (Å²) in [6, 6.07) is 13.7. The van der Waals surface area contributed by atoms with Crippen LogP contribution in [-0.4, -0.2) is 26.2 Å². The van der Waals surface area contributed by atoms with E-state index in [1.165, 1.54) is 12.0 Å². The van der Waals surface area contributed by atoms with E-state index in [1.54, 1.807) is 19.2 Å². The van der Waals surface area contributed by atoms with Crippen LogP contribution < -0.4 is 10.1 Å². The van der Waals surface area contributed by atoms with Gasteiger partial charge in [-0.25, -0.2) is 0 Å². The Kier molecular flexibility index (Phi) is 6.97. The number of carbonyl (C=O) groups excluding carboxylic acids is 1. The Morgan fingerprint density at radius 1 is 1.11 bits per heavy atom. The van der Waals surface area contributed by atoms with Gasteiger partial charge >= 0.3 is 0 Å². The van der Waals surface area contributed by atoms with Crippen LogP contribution in [0.1, 0.15) is 43.2 Å². The summed E-state index contributed by atoms with van der Waals surface area (Å²) in [6.45, 7) is 2.99. The zero-order chi connectivity index (χ0) is 20.0. The molecule has 1 saturated carbocycles. The highest BCUT2D eigenvalue weighted by Gasteiger charge is 2.41. The first-order valence-corrected chi connectivity index (χ1v) is 10.2. The first-order chi connectivity index (χ1) is 13.5. The molecule has 0 heterocycles. The van der Waals surface area contributed by atoms with Crippen LogP contribution in [0.15, 0.2) is 42.5 Å². The number of carbonyl (C=O) groups is 1. The number of halogens is 1. The molecule has 2 aromatic rings. The number of hydrogen-bond acceptors (Lipinski definition) is 3. The number of benzene rings is 2. The van der Waals surface area contributed by atoms with Crippen molar-refractivity contribution in [2.24, 2.45) is 0 Å². The number of methoxy groups -OCH3 is 1. The van der Waals surface area contributed by atoms with Crippen LogP contribution in [-0.2, 0) is 14.9 Å². The minimum atomic E-state index is -0.482. The smallest absolute Gasteiger partial charge is 0.235 e. The molecule has 5 heteroatoms. The van der Waals surface area contributed by atoms with Crippen LogP contribution in [0, 0.1) is 6.92 Å². The summed E-state index contributed by atoms with van der Waals surface area (Å²) in [6.07, 6.45) is 5.05. The second kappa shape index (κ2) is 9.44. The van der Waals surface area contributed by atoms with E-state index in [9.17, 15) is 4.79 Å². The first-order valence-electron chi connectivity index (χ1n) is 9.85. The second-order valence-electron chi connectivity index (χ2n) is 7.45. The van der Waals surface area contributed by atoms with Crippen LogP contribution >= 0.6 is 11.6 Å². The highest BCUT2D eigenvalue weighted by molar-refractivity contribution is 6.32. The van der Waals surface area contributed by atoms with Crippen LogP contribution in [0.3, 0.4) is 0 Å². The van der Waals surface area contributed by atoms with Crippen molar-refractivity contribution in [3.63, 3.8) is 0 Å². The fourth-order valence-electron chi connectivity index (χ4n) is 3.93. The fraction of sp³-hybridized carbons (Fsp3) is 0.435. The average Bonchev–Trinajstić information content (AvgIpc) is 2.70. The highest BCUT2D eigenvalue weighted by Crippen LogP contribution is 2.41. The van der Waals surface area contributed by atoms with Crippen molar-refractivity contribution >= 4 is 23.2 Å². The molecule has 0 unspecified atom stereocenters. The molecule has 1 fully saturated rings. The topological polar surface area (TPSA) is 47.6 Å². The predicted octanol–water partition coefficient (Wildman–Crippen LogP) is 5.51. The molecule has 0 radical (unpaired) electrons.